The van der Waals surface area contributed by atoms with Crippen LogP contribution in [0.1, 0.15) is 27.0 Å². The van der Waals surface area contributed by atoms with Gasteiger partial charge in [-0.15, -0.1) is 0 Å². The maximum atomic E-state index is 12.7. The Balaban J connectivity index is 0.00000320. The van der Waals surface area contributed by atoms with Crippen LogP contribution in [0.15, 0.2) is 66.7 Å². The first-order valence-electron chi connectivity index (χ1n) is 8.84. The molecule has 3 rings (SSSR count). The zero-order chi connectivity index (χ0) is 21.0. The molecule has 0 radical (unpaired) electrons. The molecule has 150 valence electrons. The molecule has 1 atom stereocenters. The molecule has 0 amide bonds. The number of hydrogen-bond donors (Lipinski definition) is 0. The van der Waals surface area contributed by atoms with Gasteiger partial charge in [0.15, 0.2) is 5.78 Å². The first-order chi connectivity index (χ1) is 13.8. The van der Waals surface area contributed by atoms with Crippen LogP contribution in [0, 0.1) is 13.8 Å². The van der Waals surface area contributed by atoms with Gasteiger partial charge in [-0.3, -0.25) is 4.79 Å². The van der Waals surface area contributed by atoms with Gasteiger partial charge in [-0.1, -0.05) is 36.4 Å². The van der Waals surface area contributed by atoms with Gasteiger partial charge in [-0.2, -0.15) is 0 Å². The molecule has 0 heterocycles. The number of phosphoric acid groups is 1. The molecular formula is C22H20NaO6P. The average Bonchev–Trinajstić information content (AvgIpc) is 2.66. The third-order valence-corrected chi connectivity index (χ3v) is 4.95. The van der Waals surface area contributed by atoms with Crippen LogP contribution < -0.4 is 48.2 Å². The average molecular weight is 434 g/mol. The number of methoxy groups -OCH3 is 1. The van der Waals surface area contributed by atoms with Crippen LogP contribution in [0.5, 0.6) is 17.2 Å². The van der Waals surface area contributed by atoms with Crippen molar-refractivity contribution in [2.75, 3.05) is 7.11 Å². The minimum atomic E-state index is -4.69. The van der Waals surface area contributed by atoms with E-state index >= 15 is 0 Å². The minimum Gasteiger partial charge on any atom is -0.736 e. The van der Waals surface area contributed by atoms with Crippen molar-refractivity contribution < 1.29 is 57.6 Å². The van der Waals surface area contributed by atoms with Crippen molar-refractivity contribution in [2.45, 2.75) is 13.8 Å². The van der Waals surface area contributed by atoms with E-state index in [0.717, 1.165) is 11.1 Å². The molecule has 0 spiro atoms. The Bertz CT molecular complexity index is 1060. The Hall–Kier alpha value is -2.08. The largest absolute Gasteiger partial charge is 1.00 e. The van der Waals surface area contributed by atoms with E-state index in [1.807, 2.05) is 26.0 Å². The van der Waals surface area contributed by atoms with E-state index in [0.29, 0.717) is 11.1 Å². The number of carbonyl (C=O) groups is 1. The summed E-state index contributed by atoms with van der Waals surface area (Å²) >= 11 is 0. The van der Waals surface area contributed by atoms with E-state index in [2.05, 4.69) is 0 Å². The topological polar surface area (TPSA) is 84.9 Å². The van der Waals surface area contributed by atoms with E-state index in [9.17, 15) is 14.3 Å². The van der Waals surface area contributed by atoms with Crippen molar-refractivity contribution in [3.63, 3.8) is 0 Å². The van der Waals surface area contributed by atoms with Crippen LogP contribution in [0.25, 0.3) is 0 Å². The molecule has 8 heteroatoms. The van der Waals surface area contributed by atoms with Crippen molar-refractivity contribution in [2.24, 2.45) is 0 Å². The Morgan fingerprint density at radius 1 is 0.867 bits per heavy atom. The zero-order valence-electron chi connectivity index (χ0n) is 17.2. The molecule has 0 bridgehead atoms. The van der Waals surface area contributed by atoms with E-state index < -0.39 is 7.82 Å². The van der Waals surface area contributed by atoms with Crippen LogP contribution in [0.2, 0.25) is 0 Å². The molecule has 0 aliphatic heterocycles. The Labute approximate surface area is 197 Å². The molecule has 0 aliphatic carbocycles. The summed E-state index contributed by atoms with van der Waals surface area (Å²) in [5, 5.41) is 0. The molecule has 0 N–H and O–H groups in total. The third kappa shape index (κ3) is 6.21. The number of ether oxygens (including phenoxy) is 1. The Morgan fingerprint density at radius 3 is 2.07 bits per heavy atom. The second kappa shape index (κ2) is 10.3. The SMILES string of the molecule is COc1cc(OP(=O)([O-])Oc2cc(C)cc(C)c2)ccc1C(=O)c1ccccc1.[Na+]. The van der Waals surface area contributed by atoms with Gasteiger partial charge >= 0.3 is 37.4 Å². The first-order valence-corrected chi connectivity index (χ1v) is 10.3. The number of carbonyl (C=O) groups excluding carboxylic acids is 1. The van der Waals surface area contributed by atoms with Crippen molar-refractivity contribution in [3.8, 4) is 17.2 Å². The smallest absolute Gasteiger partial charge is 0.736 e. The summed E-state index contributed by atoms with van der Waals surface area (Å²) in [5.41, 5.74) is 2.52. The zero-order valence-corrected chi connectivity index (χ0v) is 20.1. The number of benzene rings is 3. The molecule has 0 fully saturated rings. The van der Waals surface area contributed by atoms with E-state index in [-0.39, 0.29) is 52.6 Å². The molecule has 0 saturated heterocycles. The fraction of sp³-hybridized carbons (Fsp3) is 0.136. The quantitative estimate of drug-likeness (QED) is 0.318. The fourth-order valence-electron chi connectivity index (χ4n) is 2.92. The number of phosphoric ester groups is 1. The van der Waals surface area contributed by atoms with Gasteiger partial charge in [0.1, 0.15) is 17.2 Å². The molecule has 30 heavy (non-hydrogen) atoms. The first kappa shape index (κ1) is 24.2. The standard InChI is InChI=1S/C22H21O6P.Na/c1-15-11-16(2)13-19(12-15)28-29(24,25)27-18-9-10-20(21(14-18)26-3)22(23)17-7-5-4-6-8-17;/h4-14H,1-3H3,(H,24,25);/q;+1/p-1. The van der Waals surface area contributed by atoms with Gasteiger partial charge in [-0.05, 0) is 49.2 Å². The minimum absolute atomic E-state index is 0. The van der Waals surface area contributed by atoms with Crippen LogP contribution in [-0.2, 0) is 4.57 Å². The van der Waals surface area contributed by atoms with Crippen molar-refractivity contribution in [3.05, 3.63) is 89.0 Å². The van der Waals surface area contributed by atoms with Crippen molar-refractivity contribution in [1.29, 1.82) is 0 Å². The maximum Gasteiger partial charge on any atom is 1.00 e. The fourth-order valence-corrected chi connectivity index (χ4v) is 3.70. The summed E-state index contributed by atoms with van der Waals surface area (Å²) in [7, 11) is -3.30. The van der Waals surface area contributed by atoms with Gasteiger partial charge in [0, 0.05) is 11.6 Å². The second-order valence-corrected chi connectivity index (χ2v) is 7.77. The van der Waals surface area contributed by atoms with E-state index in [1.165, 1.54) is 25.3 Å². The number of rotatable bonds is 7. The van der Waals surface area contributed by atoms with Gasteiger partial charge in [-0.25, -0.2) is 4.57 Å². The van der Waals surface area contributed by atoms with Gasteiger partial charge in [0.05, 0.1) is 12.7 Å². The van der Waals surface area contributed by atoms with E-state index in [1.54, 1.807) is 36.4 Å². The number of aryl methyl sites for hydroxylation is 2. The second-order valence-electron chi connectivity index (χ2n) is 6.51. The summed E-state index contributed by atoms with van der Waals surface area (Å²) in [6.07, 6.45) is 0. The summed E-state index contributed by atoms with van der Waals surface area (Å²) < 4.78 is 27.7. The molecule has 0 saturated carbocycles. The van der Waals surface area contributed by atoms with Crippen LogP contribution >= 0.6 is 7.82 Å². The number of ketones is 1. The van der Waals surface area contributed by atoms with Crippen LogP contribution in [0.4, 0.5) is 0 Å². The van der Waals surface area contributed by atoms with Crippen LogP contribution in [0.3, 0.4) is 0 Å². The molecule has 3 aromatic rings. The Morgan fingerprint density at radius 2 is 1.47 bits per heavy atom. The number of hydrogen-bond acceptors (Lipinski definition) is 6. The summed E-state index contributed by atoms with van der Waals surface area (Å²) in [4.78, 5) is 25.0. The van der Waals surface area contributed by atoms with E-state index in [4.69, 9.17) is 13.8 Å². The summed E-state index contributed by atoms with van der Waals surface area (Å²) in [6, 6.07) is 18.0. The summed E-state index contributed by atoms with van der Waals surface area (Å²) in [6.45, 7) is 3.67. The predicted molar refractivity (Wildman–Crippen MR) is 108 cm³/mol. The predicted octanol–water partition coefficient (Wildman–Crippen LogP) is 1.47. The normalized spacial score (nSPS) is 12.3. The monoisotopic (exact) mass is 434 g/mol. The molecule has 0 aromatic heterocycles. The molecule has 6 nitrogen and oxygen atoms in total. The maximum absolute atomic E-state index is 12.7. The van der Waals surface area contributed by atoms with Gasteiger partial charge in [0.25, 0.3) is 0 Å². The van der Waals surface area contributed by atoms with Crippen LogP contribution in [-0.4, -0.2) is 12.9 Å². The molecule has 0 aliphatic rings. The summed E-state index contributed by atoms with van der Waals surface area (Å²) in [5.74, 6) is 0.103. The molecular weight excluding hydrogens is 414 g/mol. The van der Waals surface area contributed by atoms with Crippen molar-refractivity contribution in [1.82, 2.24) is 0 Å². The molecule has 1 unspecified atom stereocenters. The van der Waals surface area contributed by atoms with Gasteiger partial charge in [0.2, 0.25) is 0 Å². The van der Waals surface area contributed by atoms with Crippen molar-refractivity contribution >= 4 is 13.6 Å². The third-order valence-electron chi connectivity index (χ3n) is 4.08. The van der Waals surface area contributed by atoms with Gasteiger partial charge < -0.3 is 18.7 Å². The Kier molecular flexibility index (Phi) is 8.30. The molecule has 3 aromatic carbocycles.